The van der Waals surface area contributed by atoms with Crippen molar-refractivity contribution in [3.8, 4) is 28.3 Å². The van der Waals surface area contributed by atoms with Crippen molar-refractivity contribution in [3.05, 3.63) is 53.3 Å². The van der Waals surface area contributed by atoms with E-state index in [1.807, 2.05) is 50.5 Å². The number of ether oxygens (including phenoxy) is 1. The summed E-state index contributed by atoms with van der Waals surface area (Å²) < 4.78 is 5.57. The minimum atomic E-state index is 0.356. The average molecular weight is 338 g/mol. The number of nitrogens with zero attached hydrogens (tertiary/aromatic N) is 3. The SMILES string of the molecule is COc1ccc(-c2nc(=S)[nH]nc2-c2ccc(N(C)C)cc2)cc1. The van der Waals surface area contributed by atoms with E-state index in [4.69, 9.17) is 17.0 Å². The van der Waals surface area contributed by atoms with Crippen LogP contribution in [0.25, 0.3) is 22.5 Å². The van der Waals surface area contributed by atoms with Crippen LogP contribution in [0, 0.1) is 4.77 Å². The molecule has 0 saturated heterocycles. The van der Waals surface area contributed by atoms with Gasteiger partial charge >= 0.3 is 0 Å². The zero-order valence-corrected chi connectivity index (χ0v) is 14.6. The van der Waals surface area contributed by atoms with Gasteiger partial charge in [-0.15, -0.1) is 0 Å². The van der Waals surface area contributed by atoms with E-state index in [0.29, 0.717) is 4.77 Å². The molecule has 0 amide bonds. The van der Waals surface area contributed by atoms with Crippen molar-refractivity contribution >= 4 is 17.9 Å². The maximum absolute atomic E-state index is 5.21. The first-order valence-electron chi connectivity index (χ1n) is 7.47. The molecule has 0 aliphatic carbocycles. The van der Waals surface area contributed by atoms with Crippen LogP contribution in [-0.4, -0.2) is 36.4 Å². The molecule has 0 radical (unpaired) electrons. The largest absolute Gasteiger partial charge is 0.497 e. The van der Waals surface area contributed by atoms with Gasteiger partial charge < -0.3 is 9.64 Å². The number of benzene rings is 2. The van der Waals surface area contributed by atoms with Gasteiger partial charge in [-0.1, -0.05) is 12.1 Å². The van der Waals surface area contributed by atoms with Crippen molar-refractivity contribution in [1.29, 1.82) is 0 Å². The summed E-state index contributed by atoms with van der Waals surface area (Å²) in [5.74, 6) is 0.796. The molecule has 0 aliphatic rings. The third-order valence-electron chi connectivity index (χ3n) is 3.72. The molecule has 24 heavy (non-hydrogen) atoms. The molecule has 5 nitrogen and oxygen atoms in total. The molecule has 0 atom stereocenters. The number of aromatic amines is 1. The van der Waals surface area contributed by atoms with Gasteiger partial charge in [0.25, 0.3) is 0 Å². The zero-order valence-electron chi connectivity index (χ0n) is 13.8. The average Bonchev–Trinajstić information content (AvgIpc) is 2.62. The van der Waals surface area contributed by atoms with Crippen LogP contribution in [0.1, 0.15) is 0 Å². The van der Waals surface area contributed by atoms with Crippen LogP contribution in [-0.2, 0) is 0 Å². The van der Waals surface area contributed by atoms with Crippen LogP contribution in [0.3, 0.4) is 0 Å². The number of rotatable bonds is 4. The Labute approximate surface area is 145 Å². The lowest BCUT2D eigenvalue weighted by Gasteiger charge is -2.13. The summed E-state index contributed by atoms with van der Waals surface area (Å²) in [4.78, 5) is 6.53. The van der Waals surface area contributed by atoms with Crippen molar-refractivity contribution < 1.29 is 4.74 Å². The Bertz CT molecular complexity index is 886. The maximum Gasteiger partial charge on any atom is 0.214 e. The molecule has 2 aromatic carbocycles. The van der Waals surface area contributed by atoms with E-state index in [0.717, 1.165) is 34.0 Å². The Kier molecular flexibility index (Phi) is 4.57. The summed E-state index contributed by atoms with van der Waals surface area (Å²) in [6.45, 7) is 0. The second kappa shape index (κ2) is 6.80. The molecule has 3 aromatic rings. The van der Waals surface area contributed by atoms with E-state index in [-0.39, 0.29) is 0 Å². The van der Waals surface area contributed by atoms with E-state index in [1.165, 1.54) is 0 Å². The van der Waals surface area contributed by atoms with Crippen LogP contribution in [0.4, 0.5) is 5.69 Å². The highest BCUT2D eigenvalue weighted by molar-refractivity contribution is 7.71. The zero-order chi connectivity index (χ0) is 17.1. The lowest BCUT2D eigenvalue weighted by Crippen LogP contribution is -2.08. The molecule has 1 aromatic heterocycles. The Morgan fingerprint density at radius 1 is 0.917 bits per heavy atom. The second-order valence-corrected chi connectivity index (χ2v) is 5.89. The summed E-state index contributed by atoms with van der Waals surface area (Å²) >= 11 is 5.15. The number of hydrogen-bond donors (Lipinski definition) is 1. The number of anilines is 1. The van der Waals surface area contributed by atoms with E-state index in [9.17, 15) is 0 Å². The van der Waals surface area contributed by atoms with E-state index < -0.39 is 0 Å². The molecule has 1 heterocycles. The highest BCUT2D eigenvalue weighted by Crippen LogP contribution is 2.30. The molecule has 0 unspecified atom stereocenters. The molecule has 0 aliphatic heterocycles. The van der Waals surface area contributed by atoms with Crippen LogP contribution < -0.4 is 9.64 Å². The van der Waals surface area contributed by atoms with Crippen molar-refractivity contribution in [2.75, 3.05) is 26.1 Å². The first-order valence-corrected chi connectivity index (χ1v) is 7.88. The van der Waals surface area contributed by atoms with Gasteiger partial charge in [0.05, 0.1) is 7.11 Å². The van der Waals surface area contributed by atoms with Gasteiger partial charge in [0, 0.05) is 30.9 Å². The summed E-state index contributed by atoms with van der Waals surface area (Å²) in [6.07, 6.45) is 0. The first kappa shape index (κ1) is 16.1. The van der Waals surface area contributed by atoms with Gasteiger partial charge in [-0.3, -0.25) is 5.10 Å². The third kappa shape index (κ3) is 3.28. The second-order valence-electron chi connectivity index (χ2n) is 5.51. The number of methoxy groups -OCH3 is 1. The predicted octanol–water partition coefficient (Wildman–Crippen LogP) is 3.94. The monoisotopic (exact) mass is 338 g/mol. The summed E-state index contributed by atoms with van der Waals surface area (Å²) in [5.41, 5.74) is 4.56. The smallest absolute Gasteiger partial charge is 0.214 e. The van der Waals surface area contributed by atoms with Crippen molar-refractivity contribution in [1.82, 2.24) is 15.2 Å². The Morgan fingerprint density at radius 3 is 2.08 bits per heavy atom. The van der Waals surface area contributed by atoms with Crippen molar-refractivity contribution in [2.24, 2.45) is 0 Å². The van der Waals surface area contributed by atoms with Gasteiger partial charge in [-0.05, 0) is 48.6 Å². The molecule has 1 N–H and O–H groups in total. The van der Waals surface area contributed by atoms with Crippen molar-refractivity contribution in [3.63, 3.8) is 0 Å². The number of hydrogen-bond acceptors (Lipinski definition) is 5. The number of nitrogens with one attached hydrogen (secondary N) is 1. The fourth-order valence-corrected chi connectivity index (χ4v) is 2.54. The quantitative estimate of drug-likeness (QED) is 0.730. The highest BCUT2D eigenvalue weighted by Gasteiger charge is 2.12. The van der Waals surface area contributed by atoms with Crippen molar-refractivity contribution in [2.45, 2.75) is 0 Å². The van der Waals surface area contributed by atoms with Crippen LogP contribution in [0.5, 0.6) is 5.75 Å². The molecule has 0 fully saturated rings. The maximum atomic E-state index is 5.21. The van der Waals surface area contributed by atoms with Gasteiger partial charge in [0.2, 0.25) is 4.77 Å². The van der Waals surface area contributed by atoms with Gasteiger partial charge in [-0.2, -0.15) is 5.10 Å². The lowest BCUT2D eigenvalue weighted by molar-refractivity contribution is 0.415. The van der Waals surface area contributed by atoms with Crippen LogP contribution in [0.2, 0.25) is 0 Å². The molecule has 122 valence electrons. The molecule has 0 spiro atoms. The van der Waals surface area contributed by atoms with E-state index in [1.54, 1.807) is 7.11 Å². The van der Waals surface area contributed by atoms with Gasteiger partial charge in [0.1, 0.15) is 17.1 Å². The van der Waals surface area contributed by atoms with Gasteiger partial charge in [-0.25, -0.2) is 4.98 Å². The van der Waals surface area contributed by atoms with E-state index >= 15 is 0 Å². The lowest BCUT2D eigenvalue weighted by atomic mass is 10.0. The molecule has 0 bridgehead atoms. The molecular formula is C18H18N4OS. The Balaban J connectivity index is 2.09. The fourth-order valence-electron chi connectivity index (χ4n) is 2.41. The predicted molar refractivity (Wildman–Crippen MR) is 99.0 cm³/mol. The first-order chi connectivity index (χ1) is 11.6. The summed E-state index contributed by atoms with van der Waals surface area (Å²) in [6, 6.07) is 15.9. The third-order valence-corrected chi connectivity index (χ3v) is 3.90. The Hall–Kier alpha value is -2.73. The molecule has 0 saturated carbocycles. The summed E-state index contributed by atoms with van der Waals surface area (Å²) in [7, 11) is 5.67. The standard InChI is InChI=1S/C18H18N4OS/c1-22(2)14-8-4-13(5-9-14)17-16(19-18(24)21-20-17)12-6-10-15(23-3)11-7-12/h4-11H,1-3H3,(H,19,21,24). The minimum Gasteiger partial charge on any atom is -0.497 e. The molecule has 6 heteroatoms. The number of H-pyrrole nitrogens is 1. The summed E-state index contributed by atoms with van der Waals surface area (Å²) in [5, 5.41) is 7.19. The fraction of sp³-hybridized carbons (Fsp3) is 0.167. The normalized spacial score (nSPS) is 10.5. The molecular weight excluding hydrogens is 320 g/mol. The topological polar surface area (TPSA) is 54.0 Å². The van der Waals surface area contributed by atoms with E-state index in [2.05, 4.69) is 32.2 Å². The van der Waals surface area contributed by atoms with Crippen LogP contribution >= 0.6 is 12.2 Å². The number of aromatic nitrogens is 3. The minimum absolute atomic E-state index is 0.356. The highest BCUT2D eigenvalue weighted by atomic mass is 32.1. The molecule has 3 rings (SSSR count). The Morgan fingerprint density at radius 2 is 1.50 bits per heavy atom. The van der Waals surface area contributed by atoms with Gasteiger partial charge in [0.15, 0.2) is 0 Å². The van der Waals surface area contributed by atoms with Crippen LogP contribution in [0.15, 0.2) is 48.5 Å².